The molecule has 0 saturated heterocycles. The third-order valence-electron chi connectivity index (χ3n) is 6.81. The van der Waals surface area contributed by atoms with Gasteiger partial charge in [-0.05, 0) is 94.2 Å². The molecule has 27 heavy (non-hydrogen) atoms. The van der Waals surface area contributed by atoms with Crippen molar-refractivity contribution in [3.63, 3.8) is 0 Å². The SMILES string of the molecule is Cc1ccc(C)c(N[C@@H](C)C(=O)NC(=O)NC23CC4CC(CC(C4)C2)C3)c1. The molecule has 3 N–H and O–H groups in total. The number of hydrogen-bond acceptors (Lipinski definition) is 3. The van der Waals surface area contributed by atoms with Gasteiger partial charge in [-0.15, -0.1) is 0 Å². The van der Waals surface area contributed by atoms with Gasteiger partial charge < -0.3 is 10.6 Å². The summed E-state index contributed by atoms with van der Waals surface area (Å²) in [5.41, 5.74) is 3.07. The molecular formula is C22H31N3O2. The highest BCUT2D eigenvalue weighted by molar-refractivity contribution is 5.98. The Labute approximate surface area is 161 Å². The molecule has 4 aliphatic rings. The Balaban J connectivity index is 1.34. The van der Waals surface area contributed by atoms with Gasteiger partial charge in [0.05, 0.1) is 0 Å². The van der Waals surface area contributed by atoms with Crippen molar-refractivity contribution < 1.29 is 9.59 Å². The summed E-state index contributed by atoms with van der Waals surface area (Å²) in [4.78, 5) is 25.1. The molecule has 4 fully saturated rings. The van der Waals surface area contributed by atoms with Gasteiger partial charge in [0.2, 0.25) is 5.91 Å². The van der Waals surface area contributed by atoms with Crippen molar-refractivity contribution in [2.24, 2.45) is 17.8 Å². The molecule has 0 spiro atoms. The second-order valence-electron chi connectivity index (χ2n) is 9.33. The zero-order chi connectivity index (χ0) is 19.2. The highest BCUT2D eigenvalue weighted by Gasteiger charge is 2.51. The van der Waals surface area contributed by atoms with E-state index in [1.165, 1.54) is 19.3 Å². The van der Waals surface area contributed by atoms with Gasteiger partial charge in [0.1, 0.15) is 6.04 Å². The standard InChI is InChI=1S/C22H31N3O2/c1-13-4-5-14(2)19(6-13)23-15(3)20(26)24-21(27)25-22-10-16-7-17(11-22)9-18(8-16)12-22/h4-6,15-18,23H,7-12H2,1-3H3,(H2,24,25,26,27)/t15-,16?,17?,18?,22?/m0/s1. The lowest BCUT2D eigenvalue weighted by Gasteiger charge is -2.56. The van der Waals surface area contributed by atoms with Crippen molar-refractivity contribution >= 4 is 17.6 Å². The summed E-state index contributed by atoms with van der Waals surface area (Å²) >= 11 is 0. The number of carbonyl (C=O) groups excluding carboxylic acids is 2. The fraction of sp³-hybridized carbons (Fsp3) is 0.636. The maximum atomic E-state index is 12.5. The Morgan fingerprint density at radius 2 is 1.63 bits per heavy atom. The maximum Gasteiger partial charge on any atom is 0.321 e. The largest absolute Gasteiger partial charge is 0.374 e. The molecule has 5 heteroatoms. The summed E-state index contributed by atoms with van der Waals surface area (Å²) < 4.78 is 0. The van der Waals surface area contributed by atoms with E-state index in [0.717, 1.165) is 53.8 Å². The van der Waals surface area contributed by atoms with Crippen LogP contribution in [0.25, 0.3) is 0 Å². The number of imide groups is 1. The topological polar surface area (TPSA) is 70.2 Å². The summed E-state index contributed by atoms with van der Waals surface area (Å²) in [5, 5.41) is 8.98. The van der Waals surface area contributed by atoms with Gasteiger partial charge >= 0.3 is 6.03 Å². The molecule has 0 aromatic heterocycles. The lowest BCUT2D eigenvalue weighted by atomic mass is 9.53. The molecule has 0 radical (unpaired) electrons. The van der Waals surface area contributed by atoms with Crippen molar-refractivity contribution in [2.45, 2.75) is 70.9 Å². The Morgan fingerprint density at radius 3 is 2.22 bits per heavy atom. The smallest absolute Gasteiger partial charge is 0.321 e. The van der Waals surface area contributed by atoms with Crippen LogP contribution in [-0.2, 0) is 4.79 Å². The number of rotatable bonds is 4. The van der Waals surface area contributed by atoms with Crippen molar-refractivity contribution in [1.29, 1.82) is 0 Å². The average Bonchev–Trinajstić information content (AvgIpc) is 2.56. The van der Waals surface area contributed by atoms with Crippen LogP contribution in [-0.4, -0.2) is 23.5 Å². The minimum Gasteiger partial charge on any atom is -0.374 e. The third-order valence-corrected chi connectivity index (χ3v) is 6.81. The van der Waals surface area contributed by atoms with E-state index in [-0.39, 0.29) is 17.5 Å². The molecule has 1 aromatic carbocycles. The Morgan fingerprint density at radius 1 is 1.04 bits per heavy atom. The van der Waals surface area contributed by atoms with E-state index in [9.17, 15) is 9.59 Å². The van der Waals surface area contributed by atoms with Crippen LogP contribution in [0.4, 0.5) is 10.5 Å². The molecule has 0 aliphatic heterocycles. The van der Waals surface area contributed by atoms with Crippen LogP contribution in [0.2, 0.25) is 0 Å². The second kappa shape index (κ2) is 6.84. The number of carbonyl (C=O) groups is 2. The van der Waals surface area contributed by atoms with Gasteiger partial charge in [-0.1, -0.05) is 12.1 Å². The second-order valence-corrected chi connectivity index (χ2v) is 9.33. The number of nitrogens with one attached hydrogen (secondary N) is 3. The van der Waals surface area contributed by atoms with Crippen LogP contribution in [0.5, 0.6) is 0 Å². The number of amides is 3. The lowest BCUT2D eigenvalue weighted by Crippen LogP contribution is -2.62. The number of aryl methyl sites for hydroxylation is 2. The molecule has 5 rings (SSSR count). The fourth-order valence-electron chi connectivity index (χ4n) is 5.95. The van der Waals surface area contributed by atoms with E-state index < -0.39 is 6.04 Å². The summed E-state index contributed by atoms with van der Waals surface area (Å²) in [7, 11) is 0. The first-order valence-corrected chi connectivity index (χ1v) is 10.3. The zero-order valence-electron chi connectivity index (χ0n) is 16.6. The highest BCUT2D eigenvalue weighted by atomic mass is 16.2. The van der Waals surface area contributed by atoms with Gasteiger partial charge in [-0.2, -0.15) is 0 Å². The summed E-state index contributed by atoms with van der Waals surface area (Å²) in [6, 6.07) is 5.28. The van der Waals surface area contributed by atoms with E-state index in [2.05, 4.69) is 16.0 Å². The molecule has 1 atom stereocenters. The molecule has 4 bridgehead atoms. The minimum atomic E-state index is -0.479. The van der Waals surface area contributed by atoms with Crippen molar-refractivity contribution in [1.82, 2.24) is 10.6 Å². The van der Waals surface area contributed by atoms with Crippen LogP contribution in [0.1, 0.15) is 56.6 Å². The van der Waals surface area contributed by atoms with Gasteiger partial charge in [0.15, 0.2) is 0 Å². The first-order valence-electron chi connectivity index (χ1n) is 10.3. The van der Waals surface area contributed by atoms with Gasteiger partial charge in [0, 0.05) is 11.2 Å². The average molecular weight is 370 g/mol. The van der Waals surface area contributed by atoms with Gasteiger partial charge in [-0.25, -0.2) is 4.79 Å². The lowest BCUT2D eigenvalue weighted by molar-refractivity contribution is -0.120. The van der Waals surface area contributed by atoms with E-state index >= 15 is 0 Å². The van der Waals surface area contributed by atoms with E-state index in [0.29, 0.717) is 0 Å². The molecule has 146 valence electrons. The summed E-state index contributed by atoms with van der Waals surface area (Å²) in [6.45, 7) is 5.82. The molecule has 4 saturated carbocycles. The Kier molecular flexibility index (Phi) is 4.65. The van der Waals surface area contributed by atoms with Crippen molar-refractivity contribution in [2.75, 3.05) is 5.32 Å². The third kappa shape index (κ3) is 3.83. The monoisotopic (exact) mass is 369 g/mol. The van der Waals surface area contributed by atoms with Crippen LogP contribution in [0, 0.1) is 31.6 Å². The molecule has 4 aliphatic carbocycles. The first kappa shape index (κ1) is 18.3. The molecule has 0 unspecified atom stereocenters. The molecule has 1 aromatic rings. The molecule has 3 amide bonds. The quantitative estimate of drug-likeness (QED) is 0.754. The zero-order valence-corrected chi connectivity index (χ0v) is 16.6. The van der Waals surface area contributed by atoms with E-state index in [1.54, 1.807) is 6.92 Å². The van der Waals surface area contributed by atoms with Gasteiger partial charge in [0.25, 0.3) is 0 Å². The predicted molar refractivity (Wildman–Crippen MR) is 107 cm³/mol. The number of benzene rings is 1. The number of hydrogen-bond donors (Lipinski definition) is 3. The van der Waals surface area contributed by atoms with Crippen LogP contribution in [0.15, 0.2) is 18.2 Å². The predicted octanol–water partition coefficient (Wildman–Crippen LogP) is 3.90. The number of anilines is 1. The molecule has 5 nitrogen and oxygen atoms in total. The Hall–Kier alpha value is -2.04. The first-order chi connectivity index (χ1) is 12.8. The van der Waals surface area contributed by atoms with Crippen LogP contribution < -0.4 is 16.0 Å². The summed E-state index contributed by atoms with van der Waals surface area (Å²) in [5.74, 6) is 1.99. The highest BCUT2D eigenvalue weighted by Crippen LogP contribution is 2.55. The normalized spacial score (nSPS) is 32.0. The fourth-order valence-corrected chi connectivity index (χ4v) is 5.95. The van der Waals surface area contributed by atoms with E-state index in [4.69, 9.17) is 0 Å². The van der Waals surface area contributed by atoms with Gasteiger partial charge in [-0.3, -0.25) is 10.1 Å². The Bertz CT molecular complexity index is 723. The molecule has 0 heterocycles. The van der Waals surface area contributed by atoms with Crippen LogP contribution in [0.3, 0.4) is 0 Å². The minimum absolute atomic E-state index is 0.0804. The molecular weight excluding hydrogens is 338 g/mol. The van der Waals surface area contributed by atoms with Crippen LogP contribution >= 0.6 is 0 Å². The maximum absolute atomic E-state index is 12.5. The van der Waals surface area contributed by atoms with E-state index in [1.807, 2.05) is 32.0 Å². The van der Waals surface area contributed by atoms with Crippen molar-refractivity contribution in [3.8, 4) is 0 Å². The number of urea groups is 1. The summed E-state index contributed by atoms with van der Waals surface area (Å²) in [6.07, 6.45) is 7.24. The van der Waals surface area contributed by atoms with Crippen molar-refractivity contribution in [3.05, 3.63) is 29.3 Å².